The van der Waals surface area contributed by atoms with E-state index in [2.05, 4.69) is 4.98 Å². The largest absolute Gasteiger partial charge is 0.444 e. The zero-order valence-electron chi connectivity index (χ0n) is 21.3. The van der Waals surface area contributed by atoms with Gasteiger partial charge < -0.3 is 14.2 Å². The first-order valence-electron chi connectivity index (χ1n) is 12.5. The topological polar surface area (TPSA) is 72.6 Å². The zero-order chi connectivity index (χ0) is 26.0. The van der Waals surface area contributed by atoms with Crippen molar-refractivity contribution in [2.75, 3.05) is 13.1 Å². The molecule has 1 aliphatic heterocycles. The summed E-state index contributed by atoms with van der Waals surface area (Å²) in [6, 6.07) is 19.8. The zero-order valence-corrected chi connectivity index (χ0v) is 21.3. The van der Waals surface area contributed by atoms with Gasteiger partial charge in [0, 0.05) is 36.5 Å². The van der Waals surface area contributed by atoms with Gasteiger partial charge in [-0.1, -0.05) is 60.7 Å². The third kappa shape index (κ3) is 5.53. The van der Waals surface area contributed by atoms with Crippen LogP contribution in [-0.4, -0.2) is 49.9 Å². The van der Waals surface area contributed by atoms with Crippen molar-refractivity contribution in [1.82, 2.24) is 19.4 Å². The van der Waals surface area contributed by atoms with E-state index in [1.165, 1.54) is 12.4 Å². The molecule has 0 bridgehead atoms. The summed E-state index contributed by atoms with van der Waals surface area (Å²) in [7, 11) is 0. The van der Waals surface area contributed by atoms with E-state index < -0.39 is 11.4 Å². The number of hydrogen-bond donors (Lipinski definition) is 0. The molecule has 0 aliphatic carbocycles. The van der Waals surface area contributed by atoms with E-state index in [0.29, 0.717) is 37.4 Å². The van der Waals surface area contributed by atoms with Gasteiger partial charge in [0.2, 0.25) is 0 Å². The monoisotopic (exact) mass is 499 g/mol. The van der Waals surface area contributed by atoms with Gasteiger partial charge in [-0.2, -0.15) is 0 Å². The first-order chi connectivity index (χ1) is 17.8. The Kier molecular flexibility index (Phi) is 6.74. The number of ether oxygens (including phenoxy) is 1. The molecule has 0 spiro atoms. The van der Waals surface area contributed by atoms with Crippen molar-refractivity contribution in [1.29, 1.82) is 0 Å². The summed E-state index contributed by atoms with van der Waals surface area (Å²) >= 11 is 0. The second-order valence-electron chi connectivity index (χ2n) is 10.2. The van der Waals surface area contributed by atoms with E-state index in [-0.39, 0.29) is 17.7 Å². The second kappa shape index (κ2) is 10.1. The third-order valence-corrected chi connectivity index (χ3v) is 6.29. The molecule has 0 unspecified atom stereocenters. The van der Waals surface area contributed by atoms with E-state index in [4.69, 9.17) is 14.7 Å². The number of benzene rings is 2. The van der Waals surface area contributed by atoms with E-state index in [1.54, 1.807) is 4.90 Å². The summed E-state index contributed by atoms with van der Waals surface area (Å²) < 4.78 is 22.2. The molecule has 5 rings (SSSR count). The molecule has 1 saturated heterocycles. The smallest absolute Gasteiger partial charge is 0.410 e. The van der Waals surface area contributed by atoms with Crippen molar-refractivity contribution >= 4 is 28.8 Å². The highest BCUT2D eigenvalue weighted by Crippen LogP contribution is 2.30. The molecule has 0 atom stereocenters. The molecule has 0 radical (unpaired) electrons. The number of piperidine rings is 1. The van der Waals surface area contributed by atoms with Crippen molar-refractivity contribution in [3.8, 4) is 0 Å². The number of carbonyl (C=O) groups is 1. The Morgan fingerprint density at radius 3 is 2.16 bits per heavy atom. The van der Waals surface area contributed by atoms with Crippen LogP contribution in [0.15, 0.2) is 78.0 Å². The highest BCUT2D eigenvalue weighted by atomic mass is 19.1. The predicted molar refractivity (Wildman–Crippen MR) is 142 cm³/mol. The maximum atomic E-state index is 14.8. The number of halogens is 1. The van der Waals surface area contributed by atoms with E-state index >= 15 is 0 Å². The van der Waals surface area contributed by atoms with Crippen molar-refractivity contribution < 1.29 is 13.9 Å². The molecular weight excluding hydrogens is 469 g/mol. The number of fused-ring (bicyclic) bond motifs is 1. The summed E-state index contributed by atoms with van der Waals surface area (Å²) in [6.07, 6.45) is 3.97. The quantitative estimate of drug-likeness (QED) is 0.309. The fraction of sp³-hybridized carbons (Fsp3) is 0.310. The van der Waals surface area contributed by atoms with Gasteiger partial charge in [-0.25, -0.2) is 24.1 Å². The Labute approximate surface area is 215 Å². The molecule has 2 aromatic carbocycles. The van der Waals surface area contributed by atoms with Gasteiger partial charge in [-0.3, -0.25) is 0 Å². The van der Waals surface area contributed by atoms with E-state index in [9.17, 15) is 9.18 Å². The normalized spacial score (nSPS) is 14.5. The van der Waals surface area contributed by atoms with Crippen LogP contribution in [0.3, 0.4) is 0 Å². The summed E-state index contributed by atoms with van der Waals surface area (Å²) in [5, 5.41) is 0. The predicted octanol–water partition coefficient (Wildman–Crippen LogP) is 6.31. The number of amides is 1. The number of rotatable bonds is 4. The Balaban J connectivity index is 1.45. The summed E-state index contributed by atoms with van der Waals surface area (Å²) in [5.74, 6) is -0.0142. The van der Waals surface area contributed by atoms with Gasteiger partial charge in [0.15, 0.2) is 17.3 Å². The average molecular weight is 500 g/mol. The molecule has 1 aliphatic rings. The molecular formula is C29H30FN5O2. The third-order valence-electron chi connectivity index (χ3n) is 6.29. The SMILES string of the molecule is CC(C)(C)OC(=O)N1CCC(n2cc(F)c3ncc(N=C(c4ccccc4)c4ccccc4)nc32)CC1. The van der Waals surface area contributed by atoms with Crippen LogP contribution < -0.4 is 0 Å². The van der Waals surface area contributed by atoms with Crippen LogP contribution in [0.4, 0.5) is 15.0 Å². The van der Waals surface area contributed by atoms with Gasteiger partial charge >= 0.3 is 6.09 Å². The van der Waals surface area contributed by atoms with Gasteiger partial charge in [0.25, 0.3) is 0 Å². The van der Waals surface area contributed by atoms with E-state index in [1.807, 2.05) is 86.0 Å². The number of hydrogen-bond acceptors (Lipinski definition) is 5. The van der Waals surface area contributed by atoms with Crippen LogP contribution >= 0.6 is 0 Å². The Morgan fingerprint density at radius 1 is 1.00 bits per heavy atom. The second-order valence-corrected chi connectivity index (χ2v) is 10.2. The fourth-order valence-corrected chi connectivity index (χ4v) is 4.55. The molecule has 1 amide bonds. The lowest BCUT2D eigenvalue weighted by Gasteiger charge is -2.34. The number of nitrogens with zero attached hydrogens (tertiary/aromatic N) is 5. The van der Waals surface area contributed by atoms with Crippen molar-refractivity contribution in [2.24, 2.45) is 4.99 Å². The molecule has 7 nitrogen and oxygen atoms in total. The first kappa shape index (κ1) is 24.6. The molecule has 0 N–H and O–H groups in total. The van der Waals surface area contributed by atoms with Crippen molar-refractivity contribution in [3.63, 3.8) is 0 Å². The van der Waals surface area contributed by atoms with Crippen LogP contribution in [0, 0.1) is 5.82 Å². The molecule has 1 fully saturated rings. The Bertz CT molecular complexity index is 1380. The number of carbonyl (C=O) groups excluding carboxylic acids is 1. The minimum atomic E-state index is -0.543. The van der Waals surface area contributed by atoms with Crippen molar-refractivity contribution in [2.45, 2.75) is 45.3 Å². The van der Waals surface area contributed by atoms with Gasteiger partial charge in [-0.15, -0.1) is 0 Å². The van der Waals surface area contributed by atoms with Crippen LogP contribution in [-0.2, 0) is 4.74 Å². The molecule has 190 valence electrons. The van der Waals surface area contributed by atoms with Gasteiger partial charge in [-0.05, 0) is 33.6 Å². The molecule has 0 saturated carbocycles. The summed E-state index contributed by atoms with van der Waals surface area (Å²) in [6.45, 7) is 6.61. The molecule has 8 heteroatoms. The number of aliphatic imine (C=N–C) groups is 1. The first-order valence-corrected chi connectivity index (χ1v) is 12.5. The average Bonchev–Trinajstić information content (AvgIpc) is 3.23. The van der Waals surface area contributed by atoms with E-state index in [0.717, 1.165) is 16.8 Å². The van der Waals surface area contributed by atoms with Crippen molar-refractivity contribution in [3.05, 3.63) is 90.0 Å². The van der Waals surface area contributed by atoms with Crippen LogP contribution in [0.2, 0.25) is 0 Å². The molecule has 3 heterocycles. The summed E-state index contributed by atoms with van der Waals surface area (Å²) in [4.78, 5) is 28.1. The lowest BCUT2D eigenvalue weighted by atomic mass is 10.0. The number of likely N-dealkylation sites (tertiary alicyclic amines) is 1. The number of aromatic nitrogens is 3. The van der Waals surface area contributed by atoms with Gasteiger partial charge in [0.05, 0.1) is 11.9 Å². The minimum Gasteiger partial charge on any atom is -0.444 e. The van der Waals surface area contributed by atoms with Gasteiger partial charge in [0.1, 0.15) is 11.1 Å². The highest BCUT2D eigenvalue weighted by Gasteiger charge is 2.29. The lowest BCUT2D eigenvalue weighted by molar-refractivity contribution is 0.0189. The summed E-state index contributed by atoms with van der Waals surface area (Å²) in [5.41, 5.74) is 2.79. The maximum absolute atomic E-state index is 14.8. The fourth-order valence-electron chi connectivity index (χ4n) is 4.55. The minimum absolute atomic E-state index is 0.0121. The van der Waals surface area contributed by atoms with Crippen LogP contribution in [0.1, 0.15) is 50.8 Å². The highest BCUT2D eigenvalue weighted by molar-refractivity contribution is 6.13. The Morgan fingerprint density at radius 2 is 1.59 bits per heavy atom. The molecule has 2 aromatic heterocycles. The maximum Gasteiger partial charge on any atom is 0.410 e. The molecule has 4 aromatic rings. The standard InChI is InChI=1S/C29H30FN5O2/c1-29(2,3)37-28(36)34-16-14-22(15-17-34)35-19-23(30)26-27(35)33-24(18-31-26)32-25(20-10-6-4-7-11-20)21-12-8-5-9-13-21/h4-13,18-19,22H,14-17H2,1-3H3. The van der Waals surface area contributed by atoms with Crippen LogP contribution in [0.25, 0.3) is 11.2 Å². The lowest BCUT2D eigenvalue weighted by Crippen LogP contribution is -2.42. The Hall–Kier alpha value is -4.07. The van der Waals surface area contributed by atoms with Crippen LogP contribution in [0.5, 0.6) is 0 Å². The molecule has 37 heavy (non-hydrogen) atoms.